The lowest BCUT2D eigenvalue weighted by Gasteiger charge is -2.06. The van der Waals surface area contributed by atoms with Crippen molar-refractivity contribution in [1.82, 2.24) is 9.88 Å². The molecule has 1 aromatic heterocycles. The maximum absolute atomic E-state index is 13.4. The van der Waals surface area contributed by atoms with Gasteiger partial charge in [-0.15, -0.1) is 0 Å². The number of nitrogens with one attached hydrogen (secondary N) is 1. The molecular weight excluding hydrogens is 247 g/mol. The first-order valence-electron chi connectivity index (χ1n) is 5.76. The zero-order valence-electron chi connectivity index (χ0n) is 10.4. The number of aryl methyl sites for hydroxylation is 1. The fourth-order valence-corrected chi connectivity index (χ4v) is 1.61. The Bertz CT molecular complexity index is 664. The third-order valence-corrected chi connectivity index (χ3v) is 2.76. The van der Waals surface area contributed by atoms with Gasteiger partial charge in [0.05, 0.1) is 0 Å². The highest BCUT2D eigenvalue weighted by Crippen LogP contribution is 2.06. The normalized spacial score (nSPS) is 10.2. The Labute approximate surface area is 109 Å². The molecule has 98 valence electrons. The van der Waals surface area contributed by atoms with Crippen LogP contribution in [0.4, 0.5) is 4.39 Å². The molecule has 2 aromatic rings. The van der Waals surface area contributed by atoms with Crippen LogP contribution in [0.15, 0.2) is 47.4 Å². The van der Waals surface area contributed by atoms with Crippen LogP contribution in [-0.2, 0) is 13.6 Å². The number of nitrogens with zero attached hydrogens (tertiary/aromatic N) is 1. The van der Waals surface area contributed by atoms with Gasteiger partial charge < -0.3 is 9.88 Å². The zero-order chi connectivity index (χ0) is 13.8. The maximum Gasteiger partial charge on any atom is 0.251 e. The molecule has 0 aliphatic heterocycles. The first-order chi connectivity index (χ1) is 9.08. The van der Waals surface area contributed by atoms with Gasteiger partial charge in [0.1, 0.15) is 5.82 Å². The third kappa shape index (κ3) is 3.07. The molecule has 0 saturated carbocycles. The van der Waals surface area contributed by atoms with Crippen LogP contribution in [0.25, 0.3) is 0 Å². The average molecular weight is 260 g/mol. The Kier molecular flexibility index (Phi) is 3.75. The number of amides is 1. The molecule has 0 radical (unpaired) electrons. The van der Waals surface area contributed by atoms with Crippen LogP contribution in [0, 0.1) is 5.82 Å². The smallest absolute Gasteiger partial charge is 0.251 e. The molecule has 0 aliphatic rings. The van der Waals surface area contributed by atoms with Crippen molar-refractivity contribution in [3.05, 3.63) is 69.9 Å². The van der Waals surface area contributed by atoms with E-state index >= 15 is 0 Å². The number of rotatable bonds is 3. The Hall–Kier alpha value is -2.43. The summed E-state index contributed by atoms with van der Waals surface area (Å²) in [6, 6.07) is 9.00. The van der Waals surface area contributed by atoms with Crippen molar-refractivity contribution >= 4 is 5.91 Å². The predicted molar refractivity (Wildman–Crippen MR) is 69.3 cm³/mol. The number of carbonyl (C=O) groups excluding carboxylic acids is 1. The van der Waals surface area contributed by atoms with Crippen molar-refractivity contribution in [2.24, 2.45) is 7.05 Å². The second kappa shape index (κ2) is 5.48. The van der Waals surface area contributed by atoms with Gasteiger partial charge in [0.2, 0.25) is 0 Å². The standard InChI is InChI=1S/C14H13FN2O2/c1-17-7-6-10(8-13(17)18)14(19)16-9-11-4-2-3-5-12(11)15/h2-8H,9H2,1H3,(H,16,19). The van der Waals surface area contributed by atoms with E-state index in [0.29, 0.717) is 5.56 Å². The second-order valence-corrected chi connectivity index (χ2v) is 4.14. The summed E-state index contributed by atoms with van der Waals surface area (Å²) >= 11 is 0. The van der Waals surface area contributed by atoms with E-state index in [1.165, 1.54) is 29.0 Å². The van der Waals surface area contributed by atoms with Crippen LogP contribution in [0.3, 0.4) is 0 Å². The first kappa shape index (κ1) is 13.0. The number of hydrogen-bond acceptors (Lipinski definition) is 2. The lowest BCUT2D eigenvalue weighted by molar-refractivity contribution is 0.0950. The Morgan fingerprint density at radius 2 is 2.05 bits per heavy atom. The number of benzene rings is 1. The van der Waals surface area contributed by atoms with Crippen molar-refractivity contribution in [3.63, 3.8) is 0 Å². The van der Waals surface area contributed by atoms with Gasteiger partial charge >= 0.3 is 0 Å². The molecule has 0 atom stereocenters. The highest BCUT2D eigenvalue weighted by atomic mass is 19.1. The van der Waals surface area contributed by atoms with Gasteiger partial charge in [-0.1, -0.05) is 18.2 Å². The van der Waals surface area contributed by atoms with Crippen LogP contribution in [-0.4, -0.2) is 10.5 Å². The minimum absolute atomic E-state index is 0.0840. The van der Waals surface area contributed by atoms with Gasteiger partial charge in [0, 0.05) is 37.0 Å². The van der Waals surface area contributed by atoms with Crippen LogP contribution in [0.1, 0.15) is 15.9 Å². The molecule has 4 nitrogen and oxygen atoms in total. The van der Waals surface area contributed by atoms with E-state index in [0.717, 1.165) is 0 Å². The van der Waals surface area contributed by atoms with Crippen molar-refractivity contribution in [3.8, 4) is 0 Å². The summed E-state index contributed by atoms with van der Waals surface area (Å²) in [7, 11) is 1.60. The van der Waals surface area contributed by atoms with Crippen molar-refractivity contribution in [1.29, 1.82) is 0 Å². The molecular formula is C14H13FN2O2. The SMILES string of the molecule is Cn1ccc(C(=O)NCc2ccccc2F)cc1=O. The summed E-state index contributed by atoms with van der Waals surface area (Å²) in [5.74, 6) is -0.771. The molecule has 0 spiro atoms. The molecule has 19 heavy (non-hydrogen) atoms. The lowest BCUT2D eigenvalue weighted by Crippen LogP contribution is -2.26. The lowest BCUT2D eigenvalue weighted by atomic mass is 10.2. The van der Waals surface area contributed by atoms with E-state index < -0.39 is 5.91 Å². The van der Waals surface area contributed by atoms with Crippen LogP contribution in [0.2, 0.25) is 0 Å². The number of halogens is 1. The molecule has 0 unspecified atom stereocenters. The number of hydrogen-bond donors (Lipinski definition) is 1. The van der Waals surface area contributed by atoms with Crippen LogP contribution < -0.4 is 10.9 Å². The maximum atomic E-state index is 13.4. The van der Waals surface area contributed by atoms with Crippen molar-refractivity contribution in [2.45, 2.75) is 6.54 Å². The van der Waals surface area contributed by atoms with Gasteiger partial charge in [-0.2, -0.15) is 0 Å². The highest BCUT2D eigenvalue weighted by Gasteiger charge is 2.07. The largest absolute Gasteiger partial charge is 0.348 e. The van der Waals surface area contributed by atoms with Gasteiger partial charge in [-0.3, -0.25) is 9.59 Å². The van der Waals surface area contributed by atoms with E-state index in [9.17, 15) is 14.0 Å². The van der Waals surface area contributed by atoms with Crippen LogP contribution >= 0.6 is 0 Å². The molecule has 2 rings (SSSR count). The minimum atomic E-state index is -0.402. The summed E-state index contributed by atoms with van der Waals surface area (Å²) in [4.78, 5) is 23.2. The number of pyridine rings is 1. The van der Waals surface area contributed by atoms with E-state index in [1.807, 2.05) is 0 Å². The molecule has 0 saturated heterocycles. The molecule has 0 aliphatic carbocycles. The molecule has 0 fully saturated rings. The van der Waals surface area contributed by atoms with E-state index in [-0.39, 0.29) is 23.5 Å². The molecule has 5 heteroatoms. The van der Waals surface area contributed by atoms with Gasteiger partial charge in [-0.25, -0.2) is 4.39 Å². The third-order valence-electron chi connectivity index (χ3n) is 2.76. The summed E-state index contributed by atoms with van der Waals surface area (Å²) in [6.45, 7) is 0.0840. The molecule has 0 bridgehead atoms. The fraction of sp³-hybridized carbons (Fsp3) is 0.143. The van der Waals surface area contributed by atoms with E-state index in [1.54, 1.807) is 25.2 Å². The summed E-state index contributed by atoms with van der Waals surface area (Å²) in [5.41, 5.74) is 0.401. The fourth-order valence-electron chi connectivity index (χ4n) is 1.61. The molecule has 1 N–H and O–H groups in total. The summed E-state index contributed by atoms with van der Waals surface area (Å²) in [5, 5.41) is 2.58. The number of carbonyl (C=O) groups is 1. The van der Waals surface area contributed by atoms with Gasteiger partial charge in [0.25, 0.3) is 11.5 Å². The number of aromatic nitrogens is 1. The van der Waals surface area contributed by atoms with Crippen LogP contribution in [0.5, 0.6) is 0 Å². The highest BCUT2D eigenvalue weighted by molar-refractivity contribution is 5.93. The Morgan fingerprint density at radius 3 is 2.74 bits per heavy atom. The molecule has 1 aromatic carbocycles. The van der Waals surface area contributed by atoms with Gasteiger partial charge in [-0.05, 0) is 12.1 Å². The summed E-state index contributed by atoms with van der Waals surface area (Å²) in [6.07, 6.45) is 1.51. The monoisotopic (exact) mass is 260 g/mol. The average Bonchev–Trinajstić information content (AvgIpc) is 2.40. The zero-order valence-corrected chi connectivity index (χ0v) is 10.4. The van der Waals surface area contributed by atoms with E-state index in [4.69, 9.17) is 0 Å². The quantitative estimate of drug-likeness (QED) is 0.908. The minimum Gasteiger partial charge on any atom is -0.348 e. The second-order valence-electron chi connectivity index (χ2n) is 4.14. The van der Waals surface area contributed by atoms with E-state index in [2.05, 4.69) is 5.32 Å². The predicted octanol–water partition coefficient (Wildman–Crippen LogP) is 1.45. The van der Waals surface area contributed by atoms with Crippen molar-refractivity contribution in [2.75, 3.05) is 0 Å². The topological polar surface area (TPSA) is 51.1 Å². The first-order valence-corrected chi connectivity index (χ1v) is 5.76. The molecule has 1 heterocycles. The Balaban J connectivity index is 2.08. The van der Waals surface area contributed by atoms with Gasteiger partial charge in [0.15, 0.2) is 0 Å². The molecule has 1 amide bonds. The van der Waals surface area contributed by atoms with Crippen molar-refractivity contribution < 1.29 is 9.18 Å². The Morgan fingerprint density at radius 1 is 1.32 bits per heavy atom. The summed E-state index contributed by atoms with van der Waals surface area (Å²) < 4.78 is 14.7.